The molecule has 180 valence electrons. The zero-order valence-corrected chi connectivity index (χ0v) is 20.4. The Kier molecular flexibility index (Phi) is 6.84. The van der Waals surface area contributed by atoms with Crippen LogP contribution in [0.1, 0.15) is 25.3 Å². The molecule has 1 saturated heterocycles. The summed E-state index contributed by atoms with van der Waals surface area (Å²) in [5.74, 6) is 2.08. The van der Waals surface area contributed by atoms with Gasteiger partial charge in [0.25, 0.3) is 5.91 Å². The molecule has 5 rings (SSSR count). The lowest BCUT2D eigenvalue weighted by molar-refractivity contribution is -0.123. The van der Waals surface area contributed by atoms with Crippen LogP contribution in [0.4, 0.5) is 11.5 Å². The summed E-state index contributed by atoms with van der Waals surface area (Å²) in [6, 6.07) is 15.9. The number of hydrogen-bond donors (Lipinski definition) is 4. The number of rotatable bonds is 8. The molecular formula is C25H27N7O2S. The smallest absolute Gasteiger partial charge is 0.258 e. The standard InChI is InChI=1S/C25H27N7O2S/c1-15(2)29-21(33)13-34-20-5-3-4-17(10-20)23-31-24(22-25(32-23)35-14-26-22)30-19-8-6-16(7-9-19)18-11-27-28-12-18/h3-10,14-15,18,27-28H,11-13H2,1-2H3,(H,29,33)(H,30,31,32). The van der Waals surface area contributed by atoms with Crippen LogP contribution in [-0.4, -0.2) is 46.6 Å². The third-order valence-electron chi connectivity index (χ3n) is 5.58. The molecule has 1 fully saturated rings. The molecule has 1 aliphatic rings. The summed E-state index contributed by atoms with van der Waals surface area (Å²) in [7, 11) is 0. The maximum absolute atomic E-state index is 11.9. The Morgan fingerprint density at radius 1 is 1.14 bits per heavy atom. The van der Waals surface area contributed by atoms with Crippen LogP contribution in [0.15, 0.2) is 54.0 Å². The van der Waals surface area contributed by atoms with Crippen molar-refractivity contribution in [2.75, 3.05) is 25.0 Å². The van der Waals surface area contributed by atoms with Crippen LogP contribution in [0.25, 0.3) is 21.7 Å². The molecule has 0 aliphatic carbocycles. The van der Waals surface area contributed by atoms with E-state index in [1.807, 2.05) is 38.1 Å². The van der Waals surface area contributed by atoms with Gasteiger partial charge < -0.3 is 15.4 Å². The number of ether oxygens (including phenoxy) is 1. The van der Waals surface area contributed by atoms with Gasteiger partial charge in [-0.25, -0.2) is 15.0 Å². The number of hydrogen-bond acceptors (Lipinski definition) is 9. The fraction of sp³-hybridized carbons (Fsp3) is 0.280. The molecule has 1 aliphatic heterocycles. The number of aromatic nitrogens is 3. The number of nitrogens with one attached hydrogen (secondary N) is 4. The average molecular weight is 490 g/mol. The first kappa shape index (κ1) is 23.2. The number of nitrogens with zero attached hydrogens (tertiary/aromatic N) is 3. The summed E-state index contributed by atoms with van der Waals surface area (Å²) in [6.07, 6.45) is 0. The van der Waals surface area contributed by atoms with Gasteiger partial charge in [-0.3, -0.25) is 15.6 Å². The second kappa shape index (κ2) is 10.3. The van der Waals surface area contributed by atoms with Crippen molar-refractivity contribution in [1.29, 1.82) is 0 Å². The minimum Gasteiger partial charge on any atom is -0.484 e. The van der Waals surface area contributed by atoms with E-state index in [1.165, 1.54) is 16.9 Å². The van der Waals surface area contributed by atoms with E-state index in [0.717, 1.165) is 34.7 Å². The molecule has 1 amide bonds. The molecule has 0 spiro atoms. The van der Waals surface area contributed by atoms with Crippen LogP contribution >= 0.6 is 11.3 Å². The highest BCUT2D eigenvalue weighted by atomic mass is 32.1. The molecule has 4 N–H and O–H groups in total. The molecule has 9 nitrogen and oxygen atoms in total. The van der Waals surface area contributed by atoms with Gasteiger partial charge in [0, 0.05) is 36.3 Å². The van der Waals surface area contributed by atoms with Gasteiger partial charge in [-0.05, 0) is 43.7 Å². The number of thiazole rings is 1. The molecule has 2 aromatic carbocycles. The van der Waals surface area contributed by atoms with Crippen LogP contribution in [0.3, 0.4) is 0 Å². The Hall–Kier alpha value is -3.60. The molecule has 0 atom stereocenters. The maximum atomic E-state index is 11.9. The zero-order valence-electron chi connectivity index (χ0n) is 19.5. The summed E-state index contributed by atoms with van der Waals surface area (Å²) in [5, 5.41) is 6.23. The zero-order chi connectivity index (χ0) is 24.2. The highest BCUT2D eigenvalue weighted by Gasteiger charge is 2.17. The van der Waals surface area contributed by atoms with Crippen LogP contribution in [-0.2, 0) is 4.79 Å². The Morgan fingerprint density at radius 2 is 1.94 bits per heavy atom. The van der Waals surface area contributed by atoms with E-state index in [1.54, 1.807) is 5.51 Å². The van der Waals surface area contributed by atoms with E-state index in [0.29, 0.717) is 23.3 Å². The Bertz CT molecular complexity index is 1320. The average Bonchev–Trinajstić information content (AvgIpc) is 3.56. The molecule has 2 aromatic heterocycles. The third-order valence-corrected chi connectivity index (χ3v) is 6.30. The number of fused-ring (bicyclic) bond motifs is 1. The summed E-state index contributed by atoms with van der Waals surface area (Å²) >= 11 is 1.46. The summed E-state index contributed by atoms with van der Waals surface area (Å²) in [6.45, 7) is 5.62. The van der Waals surface area contributed by atoms with Crippen LogP contribution in [0.2, 0.25) is 0 Å². The lowest BCUT2D eigenvalue weighted by atomic mass is 10.0. The van der Waals surface area contributed by atoms with E-state index >= 15 is 0 Å². The van der Waals surface area contributed by atoms with E-state index in [-0.39, 0.29) is 18.6 Å². The second-order valence-corrected chi connectivity index (χ2v) is 9.48. The van der Waals surface area contributed by atoms with Crippen molar-refractivity contribution in [1.82, 2.24) is 31.1 Å². The van der Waals surface area contributed by atoms with Crippen molar-refractivity contribution < 1.29 is 9.53 Å². The van der Waals surface area contributed by atoms with Crippen molar-refractivity contribution in [2.45, 2.75) is 25.8 Å². The van der Waals surface area contributed by atoms with E-state index in [4.69, 9.17) is 14.7 Å². The van der Waals surface area contributed by atoms with Gasteiger partial charge in [-0.1, -0.05) is 24.3 Å². The highest BCUT2D eigenvalue weighted by molar-refractivity contribution is 7.16. The Labute approximate surface area is 207 Å². The topological polar surface area (TPSA) is 113 Å². The number of benzene rings is 2. The van der Waals surface area contributed by atoms with Crippen molar-refractivity contribution >= 4 is 39.1 Å². The van der Waals surface area contributed by atoms with Crippen molar-refractivity contribution in [3.05, 3.63) is 59.6 Å². The van der Waals surface area contributed by atoms with Gasteiger partial charge in [0.2, 0.25) is 0 Å². The summed E-state index contributed by atoms with van der Waals surface area (Å²) in [4.78, 5) is 26.7. The number of anilines is 2. The fourth-order valence-electron chi connectivity index (χ4n) is 3.89. The van der Waals surface area contributed by atoms with Crippen molar-refractivity contribution in [3.8, 4) is 17.1 Å². The van der Waals surface area contributed by atoms with Gasteiger partial charge in [0.1, 0.15) is 16.1 Å². The van der Waals surface area contributed by atoms with Crippen LogP contribution < -0.4 is 26.2 Å². The van der Waals surface area contributed by atoms with Crippen LogP contribution in [0.5, 0.6) is 5.75 Å². The SMILES string of the molecule is CC(C)NC(=O)COc1cccc(-c2nc(Nc3ccc(C4CNNC4)cc3)c3ncsc3n2)c1. The molecule has 10 heteroatoms. The molecule has 0 radical (unpaired) electrons. The normalized spacial score (nSPS) is 13.9. The van der Waals surface area contributed by atoms with E-state index in [2.05, 4.69) is 50.7 Å². The van der Waals surface area contributed by atoms with E-state index in [9.17, 15) is 4.79 Å². The number of carbonyl (C=O) groups excluding carboxylic acids is 1. The van der Waals surface area contributed by atoms with Crippen molar-refractivity contribution in [3.63, 3.8) is 0 Å². The quantitative estimate of drug-likeness (QED) is 0.297. The molecule has 0 bridgehead atoms. The first-order valence-corrected chi connectivity index (χ1v) is 12.4. The van der Waals surface area contributed by atoms with Gasteiger partial charge in [-0.2, -0.15) is 0 Å². The molecule has 4 aromatic rings. The van der Waals surface area contributed by atoms with Crippen LogP contribution in [0, 0.1) is 0 Å². The second-order valence-electron chi connectivity index (χ2n) is 8.65. The number of amides is 1. The lowest BCUT2D eigenvalue weighted by Gasteiger charge is -2.12. The van der Waals surface area contributed by atoms with Gasteiger partial charge in [0.15, 0.2) is 18.2 Å². The van der Waals surface area contributed by atoms with Gasteiger partial charge in [0.05, 0.1) is 5.51 Å². The summed E-state index contributed by atoms with van der Waals surface area (Å²) < 4.78 is 5.68. The first-order chi connectivity index (χ1) is 17.0. The first-order valence-electron chi connectivity index (χ1n) is 11.5. The van der Waals surface area contributed by atoms with Gasteiger partial charge >= 0.3 is 0 Å². The molecule has 3 heterocycles. The highest BCUT2D eigenvalue weighted by Crippen LogP contribution is 2.30. The fourth-order valence-corrected chi connectivity index (χ4v) is 4.55. The monoisotopic (exact) mass is 489 g/mol. The van der Waals surface area contributed by atoms with Crippen molar-refractivity contribution in [2.24, 2.45) is 0 Å². The maximum Gasteiger partial charge on any atom is 0.258 e. The van der Waals surface area contributed by atoms with Gasteiger partial charge in [-0.15, -0.1) is 11.3 Å². The number of hydrazine groups is 1. The molecule has 35 heavy (non-hydrogen) atoms. The molecule has 0 unspecified atom stereocenters. The predicted octanol–water partition coefficient (Wildman–Crippen LogP) is 3.59. The minimum absolute atomic E-state index is 0.0495. The predicted molar refractivity (Wildman–Crippen MR) is 138 cm³/mol. The van der Waals surface area contributed by atoms with E-state index < -0.39 is 0 Å². The Balaban J connectivity index is 1.37. The molecule has 0 saturated carbocycles. The lowest BCUT2D eigenvalue weighted by Crippen LogP contribution is -2.34. The largest absolute Gasteiger partial charge is 0.484 e. The molecular weight excluding hydrogens is 462 g/mol. The third kappa shape index (κ3) is 5.56. The summed E-state index contributed by atoms with van der Waals surface area (Å²) in [5.41, 5.74) is 11.8. The minimum atomic E-state index is -0.161. The number of carbonyl (C=O) groups is 1. The Morgan fingerprint density at radius 3 is 2.71 bits per heavy atom.